The Bertz CT molecular complexity index is 651. The highest BCUT2D eigenvalue weighted by molar-refractivity contribution is 5.58. The fraction of sp³-hybridized carbons (Fsp3) is 0. The van der Waals surface area contributed by atoms with Gasteiger partial charge in [-0.3, -0.25) is 4.98 Å². The number of hydrogen-bond acceptors (Lipinski definition) is 1. The topological polar surface area (TPSA) is 12.9 Å². The van der Waals surface area contributed by atoms with E-state index >= 15 is 0 Å². The molecule has 1 aromatic heterocycles. The second kappa shape index (κ2) is 3.18. The summed E-state index contributed by atoms with van der Waals surface area (Å²) >= 11 is 0. The summed E-state index contributed by atoms with van der Waals surface area (Å²) in [5, 5.41) is 0. The van der Waals surface area contributed by atoms with Crippen LogP contribution in [0.5, 0.6) is 0 Å². The number of benzene rings is 1. The Balaban J connectivity index is 2.83. The maximum Gasteiger partial charge on any atom is 0.0840 e. The van der Waals surface area contributed by atoms with Gasteiger partial charge in [0.05, 0.1) is 16.7 Å². The first-order chi connectivity index (χ1) is 9.25. The third-order valence-corrected chi connectivity index (χ3v) is 1.27. The molecule has 0 saturated heterocycles. The summed E-state index contributed by atoms with van der Waals surface area (Å²) in [7, 11) is 0. The first kappa shape index (κ1) is 2.43. The molecule has 0 radical (unpaired) electrons. The van der Waals surface area contributed by atoms with Gasteiger partial charge in [0.15, 0.2) is 0 Å². The third-order valence-electron chi connectivity index (χ3n) is 1.27. The number of nitrogens with zero attached hydrogens (tertiary/aromatic N) is 1. The summed E-state index contributed by atoms with van der Waals surface area (Å²) in [5.74, 6) is 0. The standard InChI is InChI=1S/C11H9N/c1-2-6-10(7-3-1)11-8-4-5-9-12-11/h1-9H/i1D,2D,3D,4D,5D,6D,8D,9D. The van der Waals surface area contributed by atoms with Crippen LogP contribution < -0.4 is 0 Å². The van der Waals surface area contributed by atoms with Gasteiger partial charge >= 0.3 is 0 Å². The number of rotatable bonds is 1. The summed E-state index contributed by atoms with van der Waals surface area (Å²) in [5.41, 5.74) is -0.244. The molecule has 1 nitrogen and oxygen atoms in total. The van der Waals surface area contributed by atoms with Gasteiger partial charge in [0, 0.05) is 11.7 Å². The molecular weight excluding hydrogens is 146 g/mol. The molecule has 2 rings (SSSR count). The van der Waals surface area contributed by atoms with Crippen molar-refractivity contribution in [1.82, 2.24) is 4.98 Å². The molecule has 0 saturated carbocycles. The van der Waals surface area contributed by atoms with Crippen LogP contribution in [0.2, 0.25) is 0 Å². The number of pyridine rings is 1. The highest BCUT2D eigenvalue weighted by Crippen LogP contribution is 2.14. The monoisotopic (exact) mass is 163 g/mol. The summed E-state index contributed by atoms with van der Waals surface area (Å²) in [4.78, 5) is 3.70. The molecule has 12 heavy (non-hydrogen) atoms. The quantitative estimate of drug-likeness (QED) is 0.630. The summed E-state index contributed by atoms with van der Waals surface area (Å²) in [6.07, 6.45) is -0.506. The zero-order valence-corrected chi connectivity index (χ0v) is 6.02. The molecule has 0 fully saturated rings. The SMILES string of the molecule is [2H]c1cc(-c2nc([2H])c([2H])c([2H])c2[2H])c([2H])c([2H])c1[2H]. The largest absolute Gasteiger partial charge is 0.256 e. The van der Waals surface area contributed by atoms with Crippen LogP contribution in [-0.2, 0) is 0 Å². The van der Waals surface area contributed by atoms with Crippen molar-refractivity contribution in [3.8, 4) is 11.3 Å². The molecule has 0 N–H and O–H groups in total. The highest BCUT2D eigenvalue weighted by Gasteiger charge is 1.93. The van der Waals surface area contributed by atoms with E-state index in [0.29, 0.717) is 0 Å². The van der Waals surface area contributed by atoms with Gasteiger partial charge in [-0.05, 0) is 12.1 Å². The third kappa shape index (κ3) is 1.35. The smallest absolute Gasteiger partial charge is 0.0840 e. The predicted octanol–water partition coefficient (Wildman–Crippen LogP) is 2.75. The lowest BCUT2D eigenvalue weighted by Crippen LogP contribution is -1.79. The van der Waals surface area contributed by atoms with Gasteiger partial charge in [-0.2, -0.15) is 0 Å². The van der Waals surface area contributed by atoms with Crippen LogP contribution in [0.3, 0.4) is 0 Å². The second-order valence-corrected chi connectivity index (χ2v) is 2.02. The van der Waals surface area contributed by atoms with Crippen molar-refractivity contribution < 1.29 is 11.0 Å². The van der Waals surface area contributed by atoms with Crippen LogP contribution in [0.1, 0.15) is 11.0 Å². The molecule has 0 aliphatic heterocycles. The van der Waals surface area contributed by atoms with Gasteiger partial charge in [0.1, 0.15) is 0 Å². The van der Waals surface area contributed by atoms with Gasteiger partial charge in [-0.1, -0.05) is 36.3 Å². The van der Waals surface area contributed by atoms with E-state index in [-0.39, 0.29) is 23.3 Å². The van der Waals surface area contributed by atoms with E-state index in [1.54, 1.807) is 0 Å². The minimum atomic E-state index is -0.506. The molecule has 2 aromatic rings. The lowest BCUT2D eigenvalue weighted by Gasteiger charge is -1.97. The van der Waals surface area contributed by atoms with Crippen molar-refractivity contribution >= 4 is 0 Å². The lowest BCUT2D eigenvalue weighted by molar-refractivity contribution is 1.33. The molecule has 0 aliphatic rings. The Morgan fingerprint density at radius 3 is 2.92 bits per heavy atom. The van der Waals surface area contributed by atoms with Gasteiger partial charge in [-0.25, -0.2) is 0 Å². The van der Waals surface area contributed by atoms with Gasteiger partial charge in [-0.15, -0.1) is 0 Å². The summed E-state index contributed by atoms with van der Waals surface area (Å²) < 4.78 is 60.6. The van der Waals surface area contributed by atoms with E-state index < -0.39 is 36.4 Å². The van der Waals surface area contributed by atoms with Crippen molar-refractivity contribution in [2.24, 2.45) is 0 Å². The van der Waals surface area contributed by atoms with Crippen molar-refractivity contribution in [3.63, 3.8) is 0 Å². The van der Waals surface area contributed by atoms with Crippen LogP contribution in [0, 0.1) is 0 Å². The van der Waals surface area contributed by atoms with Crippen LogP contribution in [0.15, 0.2) is 54.5 Å². The van der Waals surface area contributed by atoms with Crippen LogP contribution >= 0.6 is 0 Å². The average molecular weight is 163 g/mol. The normalized spacial score (nSPS) is 19.0. The molecular formula is C11H9N. The van der Waals surface area contributed by atoms with Gasteiger partial charge in [0.25, 0.3) is 0 Å². The van der Waals surface area contributed by atoms with Crippen LogP contribution in [0.25, 0.3) is 11.3 Å². The van der Waals surface area contributed by atoms with Gasteiger partial charge in [0.2, 0.25) is 0 Å². The molecule has 0 atom stereocenters. The first-order valence-corrected chi connectivity index (χ1v) is 3.27. The maximum atomic E-state index is 7.78. The summed E-state index contributed by atoms with van der Waals surface area (Å²) in [6, 6.07) is -1.85. The molecule has 1 heterocycles. The summed E-state index contributed by atoms with van der Waals surface area (Å²) in [6.45, 7) is 0. The van der Waals surface area contributed by atoms with E-state index in [1.807, 2.05) is 0 Å². The Morgan fingerprint density at radius 1 is 1.00 bits per heavy atom. The van der Waals surface area contributed by atoms with Crippen molar-refractivity contribution in [1.29, 1.82) is 0 Å². The minimum absolute atomic E-state index is 0.0528. The van der Waals surface area contributed by atoms with E-state index in [1.165, 1.54) is 0 Å². The molecule has 0 spiro atoms. The van der Waals surface area contributed by atoms with Crippen molar-refractivity contribution in [2.45, 2.75) is 0 Å². The van der Waals surface area contributed by atoms with Gasteiger partial charge < -0.3 is 0 Å². The van der Waals surface area contributed by atoms with E-state index in [4.69, 9.17) is 11.0 Å². The zero-order valence-electron chi connectivity index (χ0n) is 14.0. The van der Waals surface area contributed by atoms with Crippen molar-refractivity contribution in [2.75, 3.05) is 0 Å². The lowest BCUT2D eigenvalue weighted by atomic mass is 10.1. The maximum absolute atomic E-state index is 7.78. The Morgan fingerprint density at radius 2 is 1.92 bits per heavy atom. The van der Waals surface area contributed by atoms with Crippen molar-refractivity contribution in [3.05, 3.63) is 54.5 Å². The molecule has 58 valence electrons. The molecule has 1 heteroatoms. The fourth-order valence-corrected chi connectivity index (χ4v) is 0.764. The van der Waals surface area contributed by atoms with E-state index in [0.717, 1.165) is 6.07 Å². The molecule has 0 unspecified atom stereocenters. The molecule has 0 amide bonds. The fourth-order valence-electron chi connectivity index (χ4n) is 0.764. The Hall–Kier alpha value is -1.63. The van der Waals surface area contributed by atoms with E-state index in [2.05, 4.69) is 4.98 Å². The Kier molecular flexibility index (Phi) is 0.643. The zero-order chi connectivity index (χ0) is 15.2. The molecule has 0 aliphatic carbocycles. The minimum Gasteiger partial charge on any atom is -0.256 e. The van der Waals surface area contributed by atoms with E-state index in [9.17, 15) is 0 Å². The predicted molar refractivity (Wildman–Crippen MR) is 49.7 cm³/mol. The number of aromatic nitrogens is 1. The van der Waals surface area contributed by atoms with Crippen LogP contribution in [0.4, 0.5) is 0 Å². The second-order valence-electron chi connectivity index (χ2n) is 2.02. The highest BCUT2D eigenvalue weighted by atomic mass is 14.7. The number of hydrogen-bond donors (Lipinski definition) is 0. The molecule has 0 bridgehead atoms. The Labute approximate surface area is 82.9 Å². The average Bonchev–Trinajstić information content (AvgIpc) is 2.42. The molecule has 1 aromatic carbocycles. The first-order valence-electron chi connectivity index (χ1n) is 7.27. The van der Waals surface area contributed by atoms with Crippen LogP contribution in [-0.4, -0.2) is 4.98 Å².